The highest BCUT2D eigenvalue weighted by Crippen LogP contribution is 2.20. The van der Waals surface area contributed by atoms with Gasteiger partial charge in [-0.25, -0.2) is 4.39 Å². The number of carbonyl (C=O) groups is 2. The molecule has 2 aromatic rings. The smallest absolute Gasteiger partial charge is 0.251 e. The first-order valence-corrected chi connectivity index (χ1v) is 8.25. The number of hydrogen-bond donors (Lipinski definition) is 3. The van der Waals surface area contributed by atoms with Gasteiger partial charge in [0.15, 0.2) is 0 Å². The zero-order chi connectivity index (χ0) is 17.8. The Morgan fingerprint density at radius 1 is 1.08 bits per heavy atom. The minimum atomic E-state index is -0.519. The Bertz CT molecular complexity index is 772. The van der Waals surface area contributed by atoms with Crippen LogP contribution in [0.5, 0.6) is 0 Å². The van der Waals surface area contributed by atoms with Crippen molar-refractivity contribution in [1.29, 1.82) is 0 Å². The Labute approximate surface area is 145 Å². The van der Waals surface area contributed by atoms with E-state index in [4.69, 9.17) is 0 Å². The van der Waals surface area contributed by atoms with Crippen molar-refractivity contribution in [2.75, 3.05) is 10.6 Å². The van der Waals surface area contributed by atoms with Crippen molar-refractivity contribution in [1.82, 2.24) is 5.32 Å². The summed E-state index contributed by atoms with van der Waals surface area (Å²) in [6, 6.07) is 12.5. The first kappa shape index (κ1) is 17.0. The largest absolute Gasteiger partial charge is 0.374 e. The molecule has 1 aliphatic carbocycles. The Hall–Kier alpha value is -2.89. The van der Waals surface area contributed by atoms with Crippen LogP contribution in [0.25, 0.3) is 0 Å². The number of amides is 2. The summed E-state index contributed by atoms with van der Waals surface area (Å²) in [4.78, 5) is 24.1. The molecule has 3 N–H and O–H groups in total. The van der Waals surface area contributed by atoms with Gasteiger partial charge in [-0.05, 0) is 62.2 Å². The average molecular weight is 341 g/mol. The first-order chi connectivity index (χ1) is 12.0. The summed E-state index contributed by atoms with van der Waals surface area (Å²) in [5, 5.41) is 8.64. The fourth-order valence-corrected chi connectivity index (χ4v) is 2.35. The number of carbonyl (C=O) groups excluding carboxylic acids is 2. The first-order valence-electron chi connectivity index (χ1n) is 8.25. The molecule has 3 rings (SSSR count). The second-order valence-electron chi connectivity index (χ2n) is 6.19. The van der Waals surface area contributed by atoms with Gasteiger partial charge in [-0.3, -0.25) is 9.59 Å². The van der Waals surface area contributed by atoms with Crippen molar-refractivity contribution < 1.29 is 14.0 Å². The molecular formula is C19H20FN3O2. The predicted molar refractivity (Wildman–Crippen MR) is 95.0 cm³/mol. The van der Waals surface area contributed by atoms with E-state index in [0.717, 1.165) is 18.5 Å². The molecule has 2 aromatic carbocycles. The third kappa shape index (κ3) is 4.79. The topological polar surface area (TPSA) is 70.2 Å². The fraction of sp³-hybridized carbons (Fsp3) is 0.263. The SMILES string of the molecule is CC(Nc1ccc(C(=O)NC2CC2)cc1)C(=O)Nc1cccc(F)c1. The number of rotatable bonds is 6. The lowest BCUT2D eigenvalue weighted by atomic mass is 10.1. The summed E-state index contributed by atoms with van der Waals surface area (Å²) in [6.45, 7) is 1.71. The van der Waals surface area contributed by atoms with E-state index >= 15 is 0 Å². The van der Waals surface area contributed by atoms with Crippen molar-refractivity contribution in [3.8, 4) is 0 Å². The van der Waals surface area contributed by atoms with Crippen molar-refractivity contribution in [2.45, 2.75) is 31.8 Å². The molecule has 0 saturated heterocycles. The zero-order valence-corrected chi connectivity index (χ0v) is 13.9. The van der Waals surface area contributed by atoms with Crippen molar-refractivity contribution in [3.05, 3.63) is 59.9 Å². The van der Waals surface area contributed by atoms with Gasteiger partial charge in [0.1, 0.15) is 11.9 Å². The van der Waals surface area contributed by atoms with Gasteiger partial charge in [0.25, 0.3) is 5.91 Å². The molecule has 0 bridgehead atoms. The molecule has 0 aromatic heterocycles. The maximum Gasteiger partial charge on any atom is 0.251 e. The molecule has 25 heavy (non-hydrogen) atoms. The van der Waals surface area contributed by atoms with Crippen LogP contribution in [0.15, 0.2) is 48.5 Å². The van der Waals surface area contributed by atoms with E-state index < -0.39 is 11.9 Å². The number of anilines is 2. The van der Waals surface area contributed by atoms with Gasteiger partial charge in [0, 0.05) is 23.0 Å². The second-order valence-corrected chi connectivity index (χ2v) is 6.19. The van der Waals surface area contributed by atoms with Crippen LogP contribution in [0, 0.1) is 5.82 Å². The van der Waals surface area contributed by atoms with E-state index in [-0.39, 0.29) is 11.8 Å². The Kier molecular flexibility index (Phi) is 4.97. The third-order valence-electron chi connectivity index (χ3n) is 3.93. The molecule has 1 saturated carbocycles. The molecule has 0 aliphatic heterocycles. The number of benzene rings is 2. The summed E-state index contributed by atoms with van der Waals surface area (Å²) in [7, 11) is 0. The second kappa shape index (κ2) is 7.34. The summed E-state index contributed by atoms with van der Waals surface area (Å²) in [6.07, 6.45) is 2.09. The highest BCUT2D eigenvalue weighted by molar-refractivity contribution is 5.97. The van der Waals surface area contributed by atoms with Crippen molar-refractivity contribution >= 4 is 23.2 Å². The monoisotopic (exact) mass is 341 g/mol. The lowest BCUT2D eigenvalue weighted by Crippen LogP contribution is -2.32. The van der Waals surface area contributed by atoms with Gasteiger partial charge in [0.2, 0.25) is 5.91 Å². The van der Waals surface area contributed by atoms with Gasteiger partial charge in [-0.2, -0.15) is 0 Å². The standard InChI is InChI=1S/C19H20FN3O2/c1-12(18(24)23-17-4-2-3-14(20)11-17)21-15-7-5-13(6-8-15)19(25)22-16-9-10-16/h2-8,11-12,16,21H,9-10H2,1H3,(H,22,25)(H,23,24). The fourth-order valence-electron chi connectivity index (χ4n) is 2.35. The molecule has 2 amide bonds. The number of hydrogen-bond acceptors (Lipinski definition) is 3. The molecule has 1 unspecified atom stereocenters. The Morgan fingerprint density at radius 3 is 2.44 bits per heavy atom. The van der Waals surface area contributed by atoms with Crippen LogP contribution in [-0.2, 0) is 4.79 Å². The van der Waals surface area contributed by atoms with Crippen LogP contribution >= 0.6 is 0 Å². The summed E-state index contributed by atoms with van der Waals surface area (Å²) >= 11 is 0. The van der Waals surface area contributed by atoms with Gasteiger partial charge in [-0.15, -0.1) is 0 Å². The maximum atomic E-state index is 13.2. The molecule has 130 valence electrons. The van der Waals surface area contributed by atoms with Crippen LogP contribution in [0.1, 0.15) is 30.1 Å². The summed E-state index contributed by atoms with van der Waals surface area (Å²) < 4.78 is 13.2. The molecule has 1 fully saturated rings. The molecule has 0 spiro atoms. The normalized spacial score (nSPS) is 14.5. The quantitative estimate of drug-likeness (QED) is 0.756. The average Bonchev–Trinajstić information content (AvgIpc) is 3.39. The Morgan fingerprint density at radius 2 is 1.80 bits per heavy atom. The van der Waals surface area contributed by atoms with E-state index in [9.17, 15) is 14.0 Å². The minimum absolute atomic E-state index is 0.0778. The molecular weight excluding hydrogens is 321 g/mol. The van der Waals surface area contributed by atoms with E-state index in [2.05, 4.69) is 16.0 Å². The van der Waals surface area contributed by atoms with Gasteiger partial charge in [0.05, 0.1) is 0 Å². The molecule has 6 heteroatoms. The van der Waals surface area contributed by atoms with Gasteiger partial charge in [-0.1, -0.05) is 6.07 Å². The van der Waals surface area contributed by atoms with Crippen LogP contribution in [0.2, 0.25) is 0 Å². The van der Waals surface area contributed by atoms with Crippen LogP contribution < -0.4 is 16.0 Å². The Balaban J connectivity index is 1.55. The number of nitrogens with one attached hydrogen (secondary N) is 3. The predicted octanol–water partition coefficient (Wildman–Crippen LogP) is 3.16. The van der Waals surface area contributed by atoms with Crippen LogP contribution in [0.4, 0.5) is 15.8 Å². The summed E-state index contributed by atoms with van der Waals surface area (Å²) in [5.41, 5.74) is 1.73. The summed E-state index contributed by atoms with van der Waals surface area (Å²) in [5.74, 6) is -0.759. The minimum Gasteiger partial charge on any atom is -0.374 e. The maximum absolute atomic E-state index is 13.2. The van der Waals surface area contributed by atoms with Crippen molar-refractivity contribution in [3.63, 3.8) is 0 Å². The van der Waals surface area contributed by atoms with E-state index in [1.807, 2.05) is 0 Å². The van der Waals surface area contributed by atoms with E-state index in [1.54, 1.807) is 37.3 Å². The third-order valence-corrected chi connectivity index (χ3v) is 3.93. The molecule has 1 aliphatic rings. The lowest BCUT2D eigenvalue weighted by molar-refractivity contribution is -0.116. The highest BCUT2D eigenvalue weighted by atomic mass is 19.1. The van der Waals surface area contributed by atoms with E-state index in [0.29, 0.717) is 17.3 Å². The number of halogens is 1. The van der Waals surface area contributed by atoms with Crippen LogP contribution in [0.3, 0.4) is 0 Å². The van der Waals surface area contributed by atoms with Crippen molar-refractivity contribution in [2.24, 2.45) is 0 Å². The highest BCUT2D eigenvalue weighted by Gasteiger charge is 2.23. The lowest BCUT2D eigenvalue weighted by Gasteiger charge is -2.15. The van der Waals surface area contributed by atoms with E-state index in [1.165, 1.54) is 18.2 Å². The van der Waals surface area contributed by atoms with Gasteiger partial charge < -0.3 is 16.0 Å². The van der Waals surface area contributed by atoms with Crippen LogP contribution in [-0.4, -0.2) is 23.9 Å². The zero-order valence-electron chi connectivity index (χ0n) is 13.9. The molecule has 0 heterocycles. The molecule has 5 nitrogen and oxygen atoms in total. The van der Waals surface area contributed by atoms with Gasteiger partial charge >= 0.3 is 0 Å². The molecule has 1 atom stereocenters. The molecule has 0 radical (unpaired) electrons.